The Bertz CT molecular complexity index is 1120. The van der Waals surface area contributed by atoms with Gasteiger partial charge in [0.2, 0.25) is 0 Å². The summed E-state index contributed by atoms with van der Waals surface area (Å²) in [4.78, 5) is 15.7. The Hall–Kier alpha value is -3.85. The number of nitrogens with zero attached hydrogens (tertiary/aromatic N) is 1. The summed E-state index contributed by atoms with van der Waals surface area (Å²) in [5, 5.41) is 0. The first-order valence-electron chi connectivity index (χ1n) is 10.1. The minimum absolute atomic E-state index is 0.108. The highest BCUT2D eigenvalue weighted by Gasteiger charge is 2.57. The number of benzene rings is 1. The molecule has 2 aliphatic rings. The summed E-state index contributed by atoms with van der Waals surface area (Å²) in [6.45, 7) is 19.4. The summed E-state index contributed by atoms with van der Waals surface area (Å²) < 4.78 is 6.16. The van der Waals surface area contributed by atoms with Crippen LogP contribution in [0.25, 0.3) is 0 Å². The quantitative estimate of drug-likeness (QED) is 0.492. The van der Waals surface area contributed by atoms with E-state index in [-0.39, 0.29) is 5.91 Å². The van der Waals surface area contributed by atoms with Gasteiger partial charge in [-0.05, 0) is 38.1 Å². The highest BCUT2D eigenvalue weighted by molar-refractivity contribution is 6.03. The summed E-state index contributed by atoms with van der Waals surface area (Å²) >= 11 is 0. The average Bonchev–Trinajstić information content (AvgIpc) is 3.01. The maximum absolute atomic E-state index is 13.9. The van der Waals surface area contributed by atoms with Gasteiger partial charge in [0.1, 0.15) is 17.1 Å². The van der Waals surface area contributed by atoms with Crippen LogP contribution in [-0.4, -0.2) is 10.8 Å². The largest absolute Gasteiger partial charge is 0.461 e. The van der Waals surface area contributed by atoms with Crippen LogP contribution in [0.3, 0.4) is 0 Å². The Morgan fingerprint density at radius 2 is 1.84 bits per heavy atom. The van der Waals surface area contributed by atoms with Gasteiger partial charge in [0.25, 0.3) is 5.91 Å². The van der Waals surface area contributed by atoms with Crippen LogP contribution < -0.4 is 0 Å². The lowest BCUT2D eigenvalue weighted by molar-refractivity contribution is 0.0734. The second-order valence-corrected chi connectivity index (χ2v) is 7.06. The van der Waals surface area contributed by atoms with Crippen molar-refractivity contribution in [2.75, 3.05) is 0 Å². The molecule has 0 saturated carbocycles. The molecule has 0 saturated heterocycles. The van der Waals surface area contributed by atoms with Gasteiger partial charge >= 0.3 is 0 Å². The Morgan fingerprint density at radius 1 is 1.10 bits per heavy atom. The zero-order valence-electron chi connectivity index (χ0n) is 18.1. The highest BCUT2D eigenvalue weighted by atomic mass is 16.5. The maximum atomic E-state index is 13.9. The Morgan fingerprint density at radius 3 is 2.45 bits per heavy atom. The van der Waals surface area contributed by atoms with E-state index in [1.807, 2.05) is 62.4 Å². The maximum Gasteiger partial charge on any atom is 0.260 e. The predicted octanol–water partition coefficient (Wildman–Crippen LogP) is 6.66. The molecule has 0 aromatic heterocycles. The van der Waals surface area contributed by atoms with E-state index in [0.717, 1.165) is 16.7 Å². The molecule has 1 aromatic rings. The van der Waals surface area contributed by atoms with Gasteiger partial charge in [-0.1, -0.05) is 81.0 Å². The molecule has 1 atom stereocenters. The normalized spacial score (nSPS) is 23.5. The third-order valence-corrected chi connectivity index (χ3v) is 5.49. The summed E-state index contributed by atoms with van der Waals surface area (Å²) in [5.41, 5.74) is 2.90. The lowest BCUT2D eigenvalue weighted by Gasteiger charge is -2.46. The Kier molecular flexibility index (Phi) is 6.26. The van der Waals surface area contributed by atoms with E-state index in [2.05, 4.69) is 26.3 Å². The SMILES string of the molecule is C=C/C=C\C(=C/C=C)N1C(=O)c2ccccc2C12C(C=C)=C(C)OC(=C/C=C)/C2=C\C. The van der Waals surface area contributed by atoms with Crippen molar-refractivity contribution in [3.8, 4) is 0 Å². The smallest absolute Gasteiger partial charge is 0.260 e. The first-order chi connectivity index (χ1) is 15.0. The van der Waals surface area contributed by atoms with Crippen molar-refractivity contribution in [1.82, 2.24) is 4.90 Å². The van der Waals surface area contributed by atoms with Gasteiger partial charge in [0.15, 0.2) is 0 Å². The van der Waals surface area contributed by atoms with Crippen LogP contribution in [0.15, 0.2) is 134 Å². The third kappa shape index (κ3) is 3.19. The average molecular weight is 410 g/mol. The third-order valence-electron chi connectivity index (χ3n) is 5.49. The molecule has 3 rings (SSSR count). The lowest BCUT2D eigenvalue weighted by atomic mass is 9.73. The molecule has 1 unspecified atom stereocenters. The standard InChI is InChI=1S/C28H27NO2/c1-7-12-17-21(15-8-2)29-27(30)22-18-13-14-19-25(22)28(29)23(10-4)20(6)31-26(16-9-3)24(28)11-5/h7-19H,1-4H2,5-6H3/b17-12-,21-15+,24-11+,26-16+. The van der Waals surface area contributed by atoms with Crippen molar-refractivity contribution in [2.45, 2.75) is 19.4 Å². The Balaban J connectivity index is 2.54. The van der Waals surface area contributed by atoms with Gasteiger partial charge in [-0.15, -0.1) is 0 Å². The van der Waals surface area contributed by atoms with Crippen molar-refractivity contribution in [1.29, 1.82) is 0 Å². The molecule has 0 N–H and O–H groups in total. The number of allylic oxidation sites excluding steroid dienone is 9. The van der Waals surface area contributed by atoms with E-state index in [1.165, 1.54) is 0 Å². The minimum atomic E-state index is -0.943. The van der Waals surface area contributed by atoms with E-state index < -0.39 is 5.54 Å². The van der Waals surface area contributed by atoms with E-state index in [0.29, 0.717) is 22.8 Å². The lowest BCUT2D eigenvalue weighted by Crippen LogP contribution is -2.48. The van der Waals surface area contributed by atoms with Crippen LogP contribution >= 0.6 is 0 Å². The molecule has 2 heterocycles. The van der Waals surface area contributed by atoms with Gasteiger partial charge < -0.3 is 4.74 Å². The number of carbonyl (C=O) groups is 1. The predicted molar refractivity (Wildman–Crippen MR) is 128 cm³/mol. The summed E-state index contributed by atoms with van der Waals surface area (Å²) in [6.07, 6.45) is 16.1. The van der Waals surface area contributed by atoms with Crippen LogP contribution in [0, 0.1) is 0 Å². The van der Waals surface area contributed by atoms with Gasteiger partial charge in [-0.25, -0.2) is 0 Å². The summed E-state index contributed by atoms with van der Waals surface area (Å²) in [5.74, 6) is 1.21. The van der Waals surface area contributed by atoms with Gasteiger partial charge in [-0.2, -0.15) is 0 Å². The summed E-state index contributed by atoms with van der Waals surface area (Å²) in [7, 11) is 0. The van der Waals surface area contributed by atoms with Crippen molar-refractivity contribution in [3.63, 3.8) is 0 Å². The number of fused-ring (bicyclic) bond motifs is 2. The molecule has 1 spiro atoms. The van der Waals surface area contributed by atoms with Gasteiger partial charge in [-0.3, -0.25) is 9.69 Å². The molecule has 0 fully saturated rings. The molecule has 3 nitrogen and oxygen atoms in total. The van der Waals surface area contributed by atoms with Crippen LogP contribution in [0.5, 0.6) is 0 Å². The van der Waals surface area contributed by atoms with Crippen molar-refractivity contribution in [3.05, 3.63) is 145 Å². The molecule has 1 aromatic carbocycles. The zero-order valence-corrected chi connectivity index (χ0v) is 18.1. The first-order valence-corrected chi connectivity index (χ1v) is 10.1. The van der Waals surface area contributed by atoms with Gasteiger partial charge in [0, 0.05) is 28.0 Å². The molecule has 0 radical (unpaired) electrons. The topological polar surface area (TPSA) is 29.5 Å². The second-order valence-electron chi connectivity index (χ2n) is 7.06. The summed E-state index contributed by atoms with van der Waals surface area (Å²) in [6, 6.07) is 7.68. The molecule has 0 aliphatic carbocycles. The second kappa shape index (κ2) is 8.88. The minimum Gasteiger partial charge on any atom is -0.461 e. The van der Waals surface area contributed by atoms with Crippen LogP contribution in [-0.2, 0) is 10.3 Å². The van der Waals surface area contributed by atoms with E-state index >= 15 is 0 Å². The van der Waals surface area contributed by atoms with Crippen molar-refractivity contribution >= 4 is 5.91 Å². The van der Waals surface area contributed by atoms with Crippen LogP contribution in [0.1, 0.15) is 29.8 Å². The number of carbonyl (C=O) groups excluding carboxylic acids is 1. The molecule has 1 amide bonds. The Labute approximate surface area is 184 Å². The number of hydrogen-bond acceptors (Lipinski definition) is 2. The van der Waals surface area contributed by atoms with E-state index in [4.69, 9.17) is 4.74 Å². The molecule has 156 valence electrons. The molecular weight excluding hydrogens is 382 g/mol. The van der Waals surface area contributed by atoms with Gasteiger partial charge in [0.05, 0.1) is 0 Å². The fraction of sp³-hybridized carbons (Fsp3) is 0.107. The molecule has 31 heavy (non-hydrogen) atoms. The van der Waals surface area contributed by atoms with Crippen LogP contribution in [0.4, 0.5) is 0 Å². The number of rotatable bonds is 6. The fourth-order valence-electron chi connectivity index (χ4n) is 4.44. The van der Waals surface area contributed by atoms with E-state index in [1.54, 1.807) is 35.3 Å². The number of ether oxygens (including phenoxy) is 1. The molecule has 0 bridgehead atoms. The fourth-order valence-corrected chi connectivity index (χ4v) is 4.44. The van der Waals surface area contributed by atoms with Crippen molar-refractivity contribution in [2.24, 2.45) is 0 Å². The highest BCUT2D eigenvalue weighted by Crippen LogP contribution is 2.56. The van der Waals surface area contributed by atoms with Crippen molar-refractivity contribution < 1.29 is 9.53 Å². The molecule has 3 heteroatoms. The number of hydrogen-bond donors (Lipinski definition) is 0. The molecule has 2 aliphatic heterocycles. The first kappa shape index (κ1) is 21.8. The zero-order chi connectivity index (χ0) is 22.6. The number of amides is 1. The van der Waals surface area contributed by atoms with Crippen LogP contribution in [0.2, 0.25) is 0 Å². The van der Waals surface area contributed by atoms with E-state index in [9.17, 15) is 4.79 Å². The molecular formula is C28H27NO2. The monoisotopic (exact) mass is 409 g/mol.